The highest BCUT2D eigenvalue weighted by atomic mass is 35.5. The van der Waals surface area contributed by atoms with Gasteiger partial charge in [-0.1, -0.05) is 6.07 Å². The molecule has 0 aliphatic heterocycles. The summed E-state index contributed by atoms with van der Waals surface area (Å²) in [6, 6.07) is 5.57. The fourth-order valence-corrected chi connectivity index (χ4v) is 2.03. The number of carbonyl (C=O) groups is 1. The Morgan fingerprint density at radius 1 is 1.53 bits per heavy atom. The van der Waals surface area contributed by atoms with Crippen LogP contribution in [0.1, 0.15) is 29.2 Å². The molecule has 0 atom stereocenters. The first-order valence-corrected chi connectivity index (χ1v) is 5.90. The van der Waals surface area contributed by atoms with E-state index in [1.165, 1.54) is 0 Å². The lowest BCUT2D eigenvalue weighted by molar-refractivity contribution is -0.142. The summed E-state index contributed by atoms with van der Waals surface area (Å²) in [5.41, 5.74) is 3.10. The number of rotatable bonds is 4. The molecule has 90 valence electrons. The highest BCUT2D eigenvalue weighted by Gasteiger charge is 2.12. The third-order valence-corrected chi connectivity index (χ3v) is 2.86. The number of hydrogen-bond donors (Lipinski definition) is 0. The number of nitrogens with zero attached hydrogens (tertiary/aromatic N) is 1. The van der Waals surface area contributed by atoms with Crippen LogP contribution in [0.5, 0.6) is 0 Å². The molecule has 0 aromatic heterocycles. The molecule has 4 heteroatoms. The molecule has 0 spiro atoms. The van der Waals surface area contributed by atoms with E-state index >= 15 is 0 Å². The Labute approximate surface area is 106 Å². The molecule has 1 rings (SSSR count). The Morgan fingerprint density at radius 2 is 2.24 bits per heavy atom. The van der Waals surface area contributed by atoms with E-state index in [0.717, 1.165) is 16.7 Å². The summed E-state index contributed by atoms with van der Waals surface area (Å²) in [7, 11) is 0. The van der Waals surface area contributed by atoms with E-state index in [2.05, 4.69) is 6.07 Å². The first-order chi connectivity index (χ1) is 8.13. The summed E-state index contributed by atoms with van der Waals surface area (Å²) in [5.74, 6) is 0.0128. The zero-order valence-electron chi connectivity index (χ0n) is 9.92. The van der Waals surface area contributed by atoms with Gasteiger partial charge in [-0.05, 0) is 36.6 Å². The minimum Gasteiger partial charge on any atom is -0.466 e. The predicted molar refractivity (Wildman–Crippen MR) is 65.8 cm³/mol. The highest BCUT2D eigenvalue weighted by molar-refractivity contribution is 6.17. The van der Waals surface area contributed by atoms with Gasteiger partial charge in [0.25, 0.3) is 0 Å². The predicted octanol–water partition coefficient (Wildman–Crippen LogP) is 2.71. The van der Waals surface area contributed by atoms with Gasteiger partial charge >= 0.3 is 5.97 Å². The van der Waals surface area contributed by atoms with Crippen LogP contribution in [0.2, 0.25) is 0 Å². The first-order valence-electron chi connectivity index (χ1n) is 5.37. The molecule has 0 heterocycles. The van der Waals surface area contributed by atoms with E-state index in [-0.39, 0.29) is 18.3 Å². The molecule has 17 heavy (non-hydrogen) atoms. The van der Waals surface area contributed by atoms with E-state index in [1.54, 1.807) is 19.1 Å². The van der Waals surface area contributed by atoms with Crippen molar-refractivity contribution in [3.8, 4) is 6.07 Å². The minimum atomic E-state index is -0.275. The maximum Gasteiger partial charge on any atom is 0.310 e. The number of hydrogen-bond acceptors (Lipinski definition) is 3. The SMILES string of the molecule is CCOC(=O)Cc1ccc(C#N)c(C)c1CCl. The number of nitriles is 1. The van der Waals surface area contributed by atoms with Crippen LogP contribution in [-0.4, -0.2) is 12.6 Å². The zero-order valence-corrected chi connectivity index (χ0v) is 10.7. The maximum atomic E-state index is 11.4. The number of benzene rings is 1. The molecule has 1 aromatic rings. The molecule has 0 saturated heterocycles. The molecule has 0 fully saturated rings. The van der Waals surface area contributed by atoms with E-state index in [9.17, 15) is 4.79 Å². The smallest absolute Gasteiger partial charge is 0.310 e. The van der Waals surface area contributed by atoms with E-state index in [4.69, 9.17) is 21.6 Å². The summed E-state index contributed by atoms with van der Waals surface area (Å²) in [4.78, 5) is 11.4. The quantitative estimate of drug-likeness (QED) is 0.611. The van der Waals surface area contributed by atoms with Crippen LogP contribution in [0.25, 0.3) is 0 Å². The van der Waals surface area contributed by atoms with Gasteiger partial charge in [-0.25, -0.2) is 0 Å². The van der Waals surface area contributed by atoms with Gasteiger partial charge in [0.15, 0.2) is 0 Å². The third kappa shape index (κ3) is 3.21. The van der Waals surface area contributed by atoms with Gasteiger partial charge in [-0.2, -0.15) is 5.26 Å². The second-order valence-electron chi connectivity index (χ2n) is 3.60. The van der Waals surface area contributed by atoms with Crippen LogP contribution in [0.3, 0.4) is 0 Å². The van der Waals surface area contributed by atoms with Gasteiger partial charge in [0.05, 0.1) is 24.7 Å². The van der Waals surface area contributed by atoms with Crippen LogP contribution in [-0.2, 0) is 21.8 Å². The van der Waals surface area contributed by atoms with Crippen molar-refractivity contribution in [3.63, 3.8) is 0 Å². The second kappa shape index (κ2) is 6.27. The van der Waals surface area contributed by atoms with Crippen molar-refractivity contribution in [3.05, 3.63) is 34.4 Å². The summed E-state index contributed by atoms with van der Waals surface area (Å²) < 4.78 is 4.89. The number of halogens is 1. The van der Waals surface area contributed by atoms with Crippen LogP contribution >= 0.6 is 11.6 Å². The van der Waals surface area contributed by atoms with Crippen molar-refractivity contribution in [2.24, 2.45) is 0 Å². The molecule has 0 radical (unpaired) electrons. The molecular weight excluding hydrogens is 238 g/mol. The standard InChI is InChI=1S/C13H14ClNO2/c1-3-17-13(16)6-10-4-5-11(8-15)9(2)12(10)7-14/h4-5H,3,6-7H2,1-2H3. The molecule has 0 saturated carbocycles. The second-order valence-corrected chi connectivity index (χ2v) is 3.87. The molecule has 3 nitrogen and oxygen atoms in total. The molecule has 0 aliphatic rings. The van der Waals surface area contributed by atoms with Crippen molar-refractivity contribution in [2.45, 2.75) is 26.1 Å². The van der Waals surface area contributed by atoms with Crippen LogP contribution in [0.4, 0.5) is 0 Å². The van der Waals surface area contributed by atoms with Crippen molar-refractivity contribution in [1.29, 1.82) is 5.26 Å². The topological polar surface area (TPSA) is 50.1 Å². The molecule has 0 bridgehead atoms. The Hall–Kier alpha value is -1.53. The Kier molecular flexibility index (Phi) is 4.99. The number of alkyl halides is 1. The Morgan fingerprint density at radius 3 is 2.76 bits per heavy atom. The lowest BCUT2D eigenvalue weighted by atomic mass is 9.97. The molecule has 1 aromatic carbocycles. The number of esters is 1. The molecule has 0 aliphatic carbocycles. The average Bonchev–Trinajstić information content (AvgIpc) is 2.30. The van der Waals surface area contributed by atoms with Gasteiger partial charge in [-0.15, -0.1) is 11.6 Å². The third-order valence-electron chi connectivity index (χ3n) is 2.59. The van der Waals surface area contributed by atoms with Crippen molar-refractivity contribution >= 4 is 17.6 Å². The minimum absolute atomic E-state index is 0.197. The van der Waals surface area contributed by atoms with E-state index in [0.29, 0.717) is 12.2 Å². The first kappa shape index (κ1) is 13.5. The van der Waals surface area contributed by atoms with Crippen molar-refractivity contribution in [2.75, 3.05) is 6.61 Å². The van der Waals surface area contributed by atoms with Gasteiger partial charge in [0.2, 0.25) is 0 Å². The van der Waals surface area contributed by atoms with Crippen LogP contribution in [0, 0.1) is 18.3 Å². The summed E-state index contributed by atoms with van der Waals surface area (Å²) in [6.45, 7) is 3.97. The summed E-state index contributed by atoms with van der Waals surface area (Å²) >= 11 is 5.87. The van der Waals surface area contributed by atoms with Gasteiger partial charge in [0.1, 0.15) is 0 Å². The lowest BCUT2D eigenvalue weighted by Crippen LogP contribution is -2.10. The van der Waals surface area contributed by atoms with Gasteiger partial charge < -0.3 is 4.74 Å². The van der Waals surface area contributed by atoms with Crippen molar-refractivity contribution in [1.82, 2.24) is 0 Å². The lowest BCUT2D eigenvalue weighted by Gasteiger charge is -2.11. The zero-order chi connectivity index (χ0) is 12.8. The molecule has 0 N–H and O–H groups in total. The van der Waals surface area contributed by atoms with Crippen LogP contribution < -0.4 is 0 Å². The van der Waals surface area contributed by atoms with Gasteiger partial charge in [-0.3, -0.25) is 4.79 Å². The van der Waals surface area contributed by atoms with Crippen molar-refractivity contribution < 1.29 is 9.53 Å². The number of carbonyl (C=O) groups excluding carboxylic acids is 1. The summed E-state index contributed by atoms with van der Waals surface area (Å²) in [6.07, 6.45) is 0.197. The van der Waals surface area contributed by atoms with Crippen LogP contribution in [0.15, 0.2) is 12.1 Å². The molecule has 0 unspecified atom stereocenters. The Balaban J connectivity index is 3.05. The summed E-state index contributed by atoms with van der Waals surface area (Å²) in [5, 5.41) is 8.91. The molecule has 0 amide bonds. The highest BCUT2D eigenvalue weighted by Crippen LogP contribution is 2.21. The average molecular weight is 252 g/mol. The van der Waals surface area contributed by atoms with E-state index in [1.807, 2.05) is 6.92 Å². The van der Waals surface area contributed by atoms with E-state index < -0.39 is 0 Å². The largest absolute Gasteiger partial charge is 0.466 e. The number of ether oxygens (including phenoxy) is 1. The monoisotopic (exact) mass is 251 g/mol. The molecular formula is C13H14ClNO2. The fourth-order valence-electron chi connectivity index (χ4n) is 1.65. The maximum absolute atomic E-state index is 11.4. The fraction of sp³-hybridized carbons (Fsp3) is 0.385. The van der Waals surface area contributed by atoms with Gasteiger partial charge in [0, 0.05) is 5.88 Å². The normalized spacial score (nSPS) is 9.76. The Bertz CT molecular complexity index is 463.